The van der Waals surface area contributed by atoms with Crippen LogP contribution in [0.15, 0.2) is 57.8 Å². The second-order valence-corrected chi connectivity index (χ2v) is 6.18. The summed E-state index contributed by atoms with van der Waals surface area (Å²) < 4.78 is 10.3. The van der Waals surface area contributed by atoms with Crippen molar-refractivity contribution in [3.8, 4) is 5.75 Å². The van der Waals surface area contributed by atoms with Crippen molar-refractivity contribution in [2.45, 2.75) is 20.0 Å². The number of aryl methyl sites for hydroxylation is 1. The predicted octanol–water partition coefficient (Wildman–Crippen LogP) is 3.73. The number of ether oxygens (including phenoxy) is 1. The predicted molar refractivity (Wildman–Crippen MR) is 105 cm³/mol. The van der Waals surface area contributed by atoms with Crippen molar-refractivity contribution < 1.29 is 24.0 Å². The van der Waals surface area contributed by atoms with Crippen LogP contribution in [0.1, 0.15) is 23.6 Å². The van der Waals surface area contributed by atoms with Crippen LogP contribution in [0.4, 0.5) is 5.69 Å². The molecule has 0 unspecified atom stereocenters. The molecule has 0 saturated carbocycles. The maximum absolute atomic E-state index is 12.0. The van der Waals surface area contributed by atoms with Crippen molar-refractivity contribution in [2.75, 3.05) is 0 Å². The van der Waals surface area contributed by atoms with Crippen LogP contribution >= 0.6 is 0 Å². The van der Waals surface area contributed by atoms with E-state index in [0.29, 0.717) is 22.9 Å². The summed E-state index contributed by atoms with van der Waals surface area (Å²) >= 11 is 0. The van der Waals surface area contributed by atoms with Crippen LogP contribution in [-0.4, -0.2) is 16.0 Å². The summed E-state index contributed by atoms with van der Waals surface area (Å²) in [5, 5.41) is 21.5. The number of phenolic OH excluding ortho intramolecular Hbond substituents is 1. The number of esters is 1. The molecule has 8 heteroatoms. The molecule has 0 amide bonds. The van der Waals surface area contributed by atoms with Gasteiger partial charge in [0.1, 0.15) is 17.9 Å². The smallest absolute Gasteiger partial charge is 0.336 e. The normalized spacial score (nSPS) is 11.1. The molecule has 148 valence electrons. The van der Waals surface area contributed by atoms with Gasteiger partial charge in [-0.2, -0.15) is 0 Å². The Balaban J connectivity index is 1.81. The van der Waals surface area contributed by atoms with Crippen LogP contribution in [0.2, 0.25) is 0 Å². The zero-order valence-corrected chi connectivity index (χ0v) is 15.5. The summed E-state index contributed by atoms with van der Waals surface area (Å²) in [5.41, 5.74) is 0.781. The minimum Gasteiger partial charge on any atom is -0.508 e. The number of rotatable bonds is 6. The van der Waals surface area contributed by atoms with Gasteiger partial charge in [-0.25, -0.2) is 9.59 Å². The third-order valence-electron chi connectivity index (χ3n) is 4.31. The van der Waals surface area contributed by atoms with Crippen LogP contribution in [0.5, 0.6) is 5.75 Å². The van der Waals surface area contributed by atoms with Crippen molar-refractivity contribution in [1.29, 1.82) is 0 Å². The number of hydrogen-bond donors (Lipinski definition) is 1. The van der Waals surface area contributed by atoms with Gasteiger partial charge < -0.3 is 14.3 Å². The van der Waals surface area contributed by atoms with Crippen molar-refractivity contribution >= 4 is 28.7 Å². The molecule has 2 aromatic carbocycles. The number of carbonyl (C=O) groups excluding carboxylic acids is 1. The Morgan fingerprint density at radius 1 is 1.24 bits per heavy atom. The maximum atomic E-state index is 12.0. The maximum Gasteiger partial charge on any atom is 0.336 e. The number of nitro groups is 1. The molecule has 8 nitrogen and oxygen atoms in total. The van der Waals surface area contributed by atoms with E-state index in [1.807, 2.05) is 6.92 Å². The van der Waals surface area contributed by atoms with Crippen LogP contribution < -0.4 is 5.63 Å². The minimum atomic E-state index is -0.723. The van der Waals surface area contributed by atoms with Crippen LogP contribution in [0.25, 0.3) is 17.0 Å². The minimum absolute atomic E-state index is 0.0182. The first-order valence-electron chi connectivity index (χ1n) is 8.76. The van der Waals surface area contributed by atoms with E-state index in [2.05, 4.69) is 0 Å². The summed E-state index contributed by atoms with van der Waals surface area (Å²) in [4.78, 5) is 34.3. The van der Waals surface area contributed by atoms with Gasteiger partial charge in [0, 0.05) is 35.2 Å². The van der Waals surface area contributed by atoms with E-state index >= 15 is 0 Å². The third kappa shape index (κ3) is 4.49. The lowest BCUT2D eigenvalue weighted by atomic mass is 10.0. The number of hydrogen-bond acceptors (Lipinski definition) is 7. The molecule has 1 heterocycles. The van der Waals surface area contributed by atoms with E-state index in [9.17, 15) is 24.8 Å². The molecule has 1 aromatic heterocycles. The molecule has 1 N–H and O–H groups in total. The fourth-order valence-electron chi connectivity index (χ4n) is 2.86. The van der Waals surface area contributed by atoms with E-state index in [1.165, 1.54) is 36.4 Å². The van der Waals surface area contributed by atoms with E-state index in [0.717, 1.165) is 6.08 Å². The molecule has 0 aliphatic rings. The Bertz CT molecular complexity index is 1180. The Hall–Kier alpha value is -3.94. The summed E-state index contributed by atoms with van der Waals surface area (Å²) in [7, 11) is 0. The SMILES string of the molecule is CCc1cc2c(COC(=O)/C=C/c3ccccc3[N+](=O)[O-])cc(=O)oc2cc1O. The highest BCUT2D eigenvalue weighted by Gasteiger charge is 2.12. The monoisotopic (exact) mass is 395 g/mol. The zero-order chi connectivity index (χ0) is 21.0. The molecular weight excluding hydrogens is 378 g/mol. The van der Waals surface area contributed by atoms with Crippen LogP contribution in [0.3, 0.4) is 0 Å². The Kier molecular flexibility index (Phi) is 5.73. The number of aromatic hydroxyl groups is 1. The van der Waals surface area contributed by atoms with Gasteiger partial charge in [-0.1, -0.05) is 19.1 Å². The second kappa shape index (κ2) is 8.39. The topological polar surface area (TPSA) is 120 Å². The van der Waals surface area contributed by atoms with Crippen molar-refractivity contribution in [3.05, 3.63) is 85.8 Å². The Labute approximate surface area is 164 Å². The van der Waals surface area contributed by atoms with Gasteiger partial charge in [0.2, 0.25) is 0 Å². The number of carbonyl (C=O) groups is 1. The van der Waals surface area contributed by atoms with Gasteiger partial charge in [0.25, 0.3) is 5.69 Å². The first kappa shape index (κ1) is 19.8. The molecule has 3 aromatic rings. The quantitative estimate of drug-likeness (QED) is 0.222. The lowest BCUT2D eigenvalue weighted by Crippen LogP contribution is -2.06. The number of para-hydroxylation sites is 1. The standard InChI is InChI=1S/C21H17NO7/c1-2-13-9-16-15(10-21(25)29-19(16)11-18(13)23)12-28-20(24)8-7-14-5-3-4-6-17(14)22(26)27/h3-11,23H,2,12H2,1H3/b8-7+. The van der Waals surface area contributed by atoms with Gasteiger partial charge in [-0.05, 0) is 30.2 Å². The number of phenols is 1. The molecule has 3 rings (SSSR count). The highest BCUT2D eigenvalue weighted by atomic mass is 16.6. The number of fused-ring (bicyclic) bond motifs is 1. The number of nitro benzene ring substituents is 1. The Morgan fingerprint density at radius 2 is 2.00 bits per heavy atom. The van der Waals surface area contributed by atoms with Crippen molar-refractivity contribution in [1.82, 2.24) is 0 Å². The van der Waals surface area contributed by atoms with Gasteiger partial charge in [-0.3, -0.25) is 10.1 Å². The molecule has 0 atom stereocenters. The molecule has 0 spiro atoms. The van der Waals surface area contributed by atoms with Crippen LogP contribution in [-0.2, 0) is 22.6 Å². The summed E-state index contributed by atoms with van der Waals surface area (Å²) in [5.74, 6) is -0.705. The van der Waals surface area contributed by atoms with Gasteiger partial charge >= 0.3 is 11.6 Å². The second-order valence-electron chi connectivity index (χ2n) is 6.18. The largest absolute Gasteiger partial charge is 0.508 e. The average molecular weight is 395 g/mol. The summed E-state index contributed by atoms with van der Waals surface area (Å²) in [6.07, 6.45) is 2.95. The molecular formula is C21H17NO7. The fraction of sp³-hybridized carbons (Fsp3) is 0.143. The first-order chi connectivity index (χ1) is 13.9. The van der Waals surface area contributed by atoms with E-state index in [-0.39, 0.29) is 29.2 Å². The molecule has 29 heavy (non-hydrogen) atoms. The summed E-state index contributed by atoms with van der Waals surface area (Å²) in [6.45, 7) is 1.67. The van der Waals surface area contributed by atoms with Gasteiger partial charge in [-0.15, -0.1) is 0 Å². The van der Waals surface area contributed by atoms with Crippen molar-refractivity contribution in [3.63, 3.8) is 0 Å². The van der Waals surface area contributed by atoms with E-state index in [4.69, 9.17) is 9.15 Å². The van der Waals surface area contributed by atoms with E-state index in [1.54, 1.807) is 12.1 Å². The van der Waals surface area contributed by atoms with Crippen molar-refractivity contribution in [2.24, 2.45) is 0 Å². The lowest BCUT2D eigenvalue weighted by molar-refractivity contribution is -0.385. The Morgan fingerprint density at radius 3 is 2.72 bits per heavy atom. The zero-order valence-electron chi connectivity index (χ0n) is 15.5. The van der Waals surface area contributed by atoms with Gasteiger partial charge in [0.05, 0.1) is 10.5 Å². The van der Waals surface area contributed by atoms with Crippen LogP contribution in [0, 0.1) is 10.1 Å². The third-order valence-corrected chi connectivity index (χ3v) is 4.31. The highest BCUT2D eigenvalue weighted by molar-refractivity contribution is 5.88. The lowest BCUT2D eigenvalue weighted by Gasteiger charge is -2.08. The number of nitrogens with zero attached hydrogens (tertiary/aromatic N) is 1. The molecule has 0 aliphatic carbocycles. The molecule has 0 saturated heterocycles. The summed E-state index contributed by atoms with van der Waals surface area (Å²) in [6, 6.07) is 10.3. The molecule has 0 fully saturated rings. The van der Waals surface area contributed by atoms with E-state index < -0.39 is 16.5 Å². The molecule has 0 bridgehead atoms. The fourth-order valence-corrected chi connectivity index (χ4v) is 2.86. The number of benzene rings is 2. The average Bonchev–Trinajstić information content (AvgIpc) is 2.69. The molecule has 0 radical (unpaired) electrons. The first-order valence-corrected chi connectivity index (χ1v) is 8.76. The molecule has 0 aliphatic heterocycles. The van der Waals surface area contributed by atoms with Gasteiger partial charge in [0.15, 0.2) is 0 Å². The highest BCUT2D eigenvalue weighted by Crippen LogP contribution is 2.27.